The number of benzene rings is 3. The summed E-state index contributed by atoms with van der Waals surface area (Å²) >= 11 is 0. The first kappa shape index (κ1) is 16.7. The molecule has 26 heavy (non-hydrogen) atoms. The molecule has 0 fully saturated rings. The minimum absolute atomic E-state index is 0.00613. The van der Waals surface area contributed by atoms with Crippen LogP contribution in [0.1, 0.15) is 43.9 Å². The van der Waals surface area contributed by atoms with Gasteiger partial charge in [-0.1, -0.05) is 63.2 Å². The van der Waals surface area contributed by atoms with Gasteiger partial charge in [0, 0.05) is 16.8 Å². The Morgan fingerprint density at radius 3 is 1.81 bits per heavy atom. The number of rotatable bonds is 2. The zero-order valence-electron chi connectivity index (χ0n) is 15.7. The monoisotopic (exact) mass is 342 g/mol. The molecule has 2 nitrogen and oxygen atoms in total. The van der Waals surface area contributed by atoms with Crippen molar-refractivity contribution in [2.75, 3.05) is 11.5 Å². The fraction of sp³-hybridized carbons (Fsp3) is 0.250. The van der Waals surface area contributed by atoms with Gasteiger partial charge in [0.25, 0.3) is 0 Å². The van der Waals surface area contributed by atoms with E-state index in [1.165, 1.54) is 27.8 Å². The Hall–Kier alpha value is -2.74. The van der Waals surface area contributed by atoms with Crippen molar-refractivity contribution in [2.24, 2.45) is 0 Å². The average molecular weight is 342 g/mol. The van der Waals surface area contributed by atoms with E-state index < -0.39 is 0 Å². The summed E-state index contributed by atoms with van der Waals surface area (Å²) in [6.07, 6.45) is 1.09. The third kappa shape index (κ3) is 2.57. The van der Waals surface area contributed by atoms with Gasteiger partial charge in [0.15, 0.2) is 0 Å². The standard InChI is InChI=1S/C24H26N2/c1-23(2)15-24(3,18-7-11-20(26)12-8-18)21-13-6-17(14-22(21)23)16-4-9-19(25)10-5-16/h4-14H,15,25-26H2,1-3H3. The lowest BCUT2D eigenvalue weighted by Crippen LogP contribution is -2.23. The smallest absolute Gasteiger partial charge is 0.0314 e. The Bertz CT molecular complexity index is 953. The van der Waals surface area contributed by atoms with Gasteiger partial charge in [-0.05, 0) is 63.9 Å². The number of anilines is 2. The molecular formula is C24H26N2. The van der Waals surface area contributed by atoms with Crippen LogP contribution < -0.4 is 11.5 Å². The second-order valence-corrected chi connectivity index (χ2v) is 8.40. The van der Waals surface area contributed by atoms with Crippen molar-refractivity contribution in [2.45, 2.75) is 38.0 Å². The molecule has 0 saturated heterocycles. The lowest BCUT2D eigenvalue weighted by Gasteiger charge is -2.28. The molecule has 2 heteroatoms. The van der Waals surface area contributed by atoms with Crippen molar-refractivity contribution in [3.63, 3.8) is 0 Å². The highest BCUT2D eigenvalue weighted by atomic mass is 14.5. The molecule has 0 radical (unpaired) electrons. The highest BCUT2D eigenvalue weighted by molar-refractivity contribution is 5.69. The van der Waals surface area contributed by atoms with Crippen molar-refractivity contribution in [3.05, 3.63) is 83.4 Å². The highest BCUT2D eigenvalue weighted by Crippen LogP contribution is 2.53. The number of hydrogen-bond donors (Lipinski definition) is 2. The van der Waals surface area contributed by atoms with Crippen LogP contribution >= 0.6 is 0 Å². The molecule has 3 aromatic carbocycles. The van der Waals surface area contributed by atoms with E-state index in [-0.39, 0.29) is 10.8 Å². The molecular weight excluding hydrogens is 316 g/mol. The average Bonchev–Trinajstić information content (AvgIpc) is 2.82. The quantitative estimate of drug-likeness (QED) is 0.604. The Balaban J connectivity index is 1.84. The largest absolute Gasteiger partial charge is 0.399 e. The molecule has 0 spiro atoms. The number of hydrogen-bond acceptors (Lipinski definition) is 2. The van der Waals surface area contributed by atoms with Gasteiger partial charge in [0.1, 0.15) is 0 Å². The van der Waals surface area contributed by atoms with Crippen LogP contribution in [0, 0.1) is 0 Å². The molecule has 0 saturated carbocycles. The van der Waals surface area contributed by atoms with Crippen LogP contribution in [0.2, 0.25) is 0 Å². The van der Waals surface area contributed by atoms with Gasteiger partial charge in [-0.25, -0.2) is 0 Å². The predicted molar refractivity (Wildman–Crippen MR) is 111 cm³/mol. The van der Waals surface area contributed by atoms with E-state index in [9.17, 15) is 0 Å². The maximum absolute atomic E-state index is 5.90. The lowest BCUT2D eigenvalue weighted by atomic mass is 9.75. The topological polar surface area (TPSA) is 52.0 Å². The van der Waals surface area contributed by atoms with E-state index in [1.54, 1.807) is 0 Å². The van der Waals surface area contributed by atoms with E-state index >= 15 is 0 Å². The van der Waals surface area contributed by atoms with Crippen LogP contribution in [-0.2, 0) is 10.8 Å². The van der Waals surface area contributed by atoms with Gasteiger partial charge >= 0.3 is 0 Å². The molecule has 3 aromatic rings. The molecule has 0 bridgehead atoms. The summed E-state index contributed by atoms with van der Waals surface area (Å²) in [4.78, 5) is 0. The molecule has 0 amide bonds. The van der Waals surface area contributed by atoms with Gasteiger partial charge in [-0.15, -0.1) is 0 Å². The first-order valence-corrected chi connectivity index (χ1v) is 9.17. The van der Waals surface area contributed by atoms with E-state index in [0.717, 1.165) is 17.8 Å². The zero-order valence-corrected chi connectivity index (χ0v) is 15.7. The van der Waals surface area contributed by atoms with Crippen LogP contribution in [0.5, 0.6) is 0 Å². The number of fused-ring (bicyclic) bond motifs is 1. The molecule has 0 aliphatic heterocycles. The summed E-state index contributed by atoms with van der Waals surface area (Å²) in [5, 5.41) is 0. The minimum Gasteiger partial charge on any atom is -0.399 e. The second-order valence-electron chi connectivity index (χ2n) is 8.40. The number of nitrogen functional groups attached to an aromatic ring is 2. The Morgan fingerprint density at radius 1 is 0.654 bits per heavy atom. The van der Waals surface area contributed by atoms with E-state index in [0.29, 0.717) is 0 Å². The zero-order chi connectivity index (χ0) is 18.5. The van der Waals surface area contributed by atoms with Gasteiger partial charge < -0.3 is 11.5 Å². The first-order valence-electron chi connectivity index (χ1n) is 9.17. The molecule has 4 N–H and O–H groups in total. The molecule has 4 rings (SSSR count). The summed E-state index contributed by atoms with van der Waals surface area (Å²) in [5.41, 5.74) is 20.1. The highest BCUT2D eigenvalue weighted by Gasteiger charge is 2.45. The summed E-state index contributed by atoms with van der Waals surface area (Å²) in [6, 6.07) is 23.4. The summed E-state index contributed by atoms with van der Waals surface area (Å²) in [6.45, 7) is 7.05. The lowest BCUT2D eigenvalue weighted by molar-refractivity contribution is 0.425. The van der Waals surface area contributed by atoms with Crippen LogP contribution in [0.4, 0.5) is 11.4 Å². The van der Waals surface area contributed by atoms with Gasteiger partial charge in [-0.2, -0.15) is 0 Å². The molecule has 1 unspecified atom stereocenters. The fourth-order valence-electron chi connectivity index (χ4n) is 4.62. The van der Waals surface area contributed by atoms with E-state index in [4.69, 9.17) is 11.5 Å². The fourth-order valence-corrected chi connectivity index (χ4v) is 4.62. The third-order valence-corrected chi connectivity index (χ3v) is 5.93. The second kappa shape index (κ2) is 5.63. The Kier molecular flexibility index (Phi) is 3.62. The SMILES string of the molecule is CC1(C)CC(C)(c2ccc(N)cc2)c2ccc(-c3ccc(N)cc3)cc21. The molecule has 1 aliphatic carbocycles. The van der Waals surface area contributed by atoms with Crippen molar-refractivity contribution < 1.29 is 0 Å². The molecule has 132 valence electrons. The molecule has 1 aliphatic rings. The molecule has 0 heterocycles. The van der Waals surface area contributed by atoms with Crippen LogP contribution in [0.3, 0.4) is 0 Å². The molecule has 1 atom stereocenters. The van der Waals surface area contributed by atoms with Crippen LogP contribution in [-0.4, -0.2) is 0 Å². The third-order valence-electron chi connectivity index (χ3n) is 5.93. The van der Waals surface area contributed by atoms with Crippen molar-refractivity contribution in [1.29, 1.82) is 0 Å². The summed E-state index contributed by atoms with van der Waals surface area (Å²) in [5.74, 6) is 0. The Labute approximate surface area is 155 Å². The van der Waals surface area contributed by atoms with Gasteiger partial charge in [0.05, 0.1) is 0 Å². The number of nitrogens with two attached hydrogens (primary N) is 2. The predicted octanol–water partition coefficient (Wildman–Crippen LogP) is 5.51. The van der Waals surface area contributed by atoms with Crippen LogP contribution in [0.15, 0.2) is 66.7 Å². The van der Waals surface area contributed by atoms with E-state index in [1.807, 2.05) is 24.3 Å². The summed E-state index contributed by atoms with van der Waals surface area (Å²) in [7, 11) is 0. The molecule has 0 aromatic heterocycles. The maximum Gasteiger partial charge on any atom is 0.0314 e. The first-order chi connectivity index (χ1) is 12.3. The maximum atomic E-state index is 5.90. The van der Waals surface area contributed by atoms with Gasteiger partial charge in [0.2, 0.25) is 0 Å². The van der Waals surface area contributed by atoms with Crippen molar-refractivity contribution in [3.8, 4) is 11.1 Å². The Morgan fingerprint density at radius 2 is 1.19 bits per heavy atom. The van der Waals surface area contributed by atoms with Crippen LogP contribution in [0.25, 0.3) is 11.1 Å². The van der Waals surface area contributed by atoms with E-state index in [2.05, 4.69) is 63.2 Å². The summed E-state index contributed by atoms with van der Waals surface area (Å²) < 4.78 is 0. The van der Waals surface area contributed by atoms with Gasteiger partial charge in [-0.3, -0.25) is 0 Å². The normalized spacial score (nSPS) is 20.7. The van der Waals surface area contributed by atoms with Crippen molar-refractivity contribution in [1.82, 2.24) is 0 Å². The van der Waals surface area contributed by atoms with Crippen molar-refractivity contribution >= 4 is 11.4 Å². The minimum atomic E-state index is 0.00613.